The van der Waals surface area contributed by atoms with E-state index in [0.717, 1.165) is 17.9 Å². The molecule has 0 spiro atoms. The highest BCUT2D eigenvalue weighted by Crippen LogP contribution is 2.35. The second-order valence-electron chi connectivity index (χ2n) is 8.44. The first-order valence-corrected chi connectivity index (χ1v) is 13.7. The van der Waals surface area contributed by atoms with Crippen LogP contribution >= 0.6 is 0 Å². The summed E-state index contributed by atoms with van der Waals surface area (Å²) in [5.41, 5.74) is 2.64. The monoisotopic (exact) mass is 452 g/mol. The van der Waals surface area contributed by atoms with Crippen molar-refractivity contribution < 1.29 is 23.4 Å². The maximum Gasteiger partial charge on any atom is 0.291 e. The van der Waals surface area contributed by atoms with Crippen molar-refractivity contribution in [3.05, 3.63) is 53.8 Å². The Morgan fingerprint density at radius 3 is 2.47 bits per heavy atom. The molecule has 1 aliphatic rings. The van der Waals surface area contributed by atoms with Crippen LogP contribution in [0.1, 0.15) is 16.1 Å². The van der Waals surface area contributed by atoms with Crippen LogP contribution < -0.4 is 30.0 Å². The number of methoxy groups -OCH3 is 2. The molecule has 1 aliphatic heterocycles. The first-order chi connectivity index (χ1) is 15.3. The number of para-hydroxylation sites is 1. The molecule has 2 N–H and O–H groups in total. The van der Waals surface area contributed by atoms with Crippen LogP contribution in [0, 0.1) is 6.92 Å². The van der Waals surface area contributed by atoms with Gasteiger partial charge in [-0.15, -0.1) is 0 Å². The van der Waals surface area contributed by atoms with Gasteiger partial charge in [0.2, 0.25) is 0 Å². The average Bonchev–Trinajstić information content (AvgIpc) is 3.23. The minimum atomic E-state index is -1.52. The van der Waals surface area contributed by atoms with Gasteiger partial charge in [-0.2, -0.15) is 0 Å². The largest absolute Gasteiger partial charge is 0.494 e. The molecule has 2 aromatic carbocycles. The molecule has 0 aliphatic carbocycles. The first kappa shape index (κ1) is 21.8. The number of benzene rings is 2. The average molecular weight is 453 g/mol. The molecule has 0 fully saturated rings. The maximum absolute atomic E-state index is 12.8. The molecule has 8 heteroatoms. The molecule has 0 unspecified atom stereocenters. The van der Waals surface area contributed by atoms with E-state index in [2.05, 4.69) is 35.9 Å². The molecule has 1 amide bonds. The van der Waals surface area contributed by atoms with Crippen LogP contribution in [0.25, 0.3) is 0 Å². The van der Waals surface area contributed by atoms with Crippen molar-refractivity contribution >= 4 is 30.5 Å². The van der Waals surface area contributed by atoms with Crippen LogP contribution in [-0.2, 0) is 0 Å². The van der Waals surface area contributed by atoms with Crippen molar-refractivity contribution in [2.24, 2.45) is 0 Å². The Bertz CT molecular complexity index is 1130. The molecule has 32 heavy (non-hydrogen) atoms. The lowest BCUT2D eigenvalue weighted by Crippen LogP contribution is -2.47. The summed E-state index contributed by atoms with van der Waals surface area (Å²) >= 11 is 0. The highest BCUT2D eigenvalue weighted by atomic mass is 28.3. The van der Waals surface area contributed by atoms with Crippen molar-refractivity contribution in [1.82, 2.24) is 0 Å². The van der Waals surface area contributed by atoms with Gasteiger partial charge in [-0.25, -0.2) is 0 Å². The number of nitrogens with one attached hydrogen (secondary N) is 2. The number of hydrogen-bond acceptors (Lipinski definition) is 6. The topological polar surface area (TPSA) is 82.0 Å². The lowest BCUT2D eigenvalue weighted by Gasteiger charge is -2.32. The highest BCUT2D eigenvalue weighted by Gasteiger charge is 2.30. The Kier molecular flexibility index (Phi) is 5.88. The third-order valence-electron chi connectivity index (χ3n) is 5.79. The number of fused-ring (bicyclic) bond motifs is 1. The molecule has 3 aromatic rings. The third-order valence-corrected chi connectivity index (χ3v) is 9.16. The van der Waals surface area contributed by atoms with E-state index in [4.69, 9.17) is 18.6 Å². The van der Waals surface area contributed by atoms with E-state index >= 15 is 0 Å². The van der Waals surface area contributed by atoms with Crippen LogP contribution in [0.5, 0.6) is 23.2 Å². The summed E-state index contributed by atoms with van der Waals surface area (Å²) in [5.74, 6) is 1.67. The van der Waals surface area contributed by atoms with Gasteiger partial charge in [-0.3, -0.25) is 4.79 Å². The second-order valence-corrected chi connectivity index (χ2v) is 13.2. The summed E-state index contributed by atoms with van der Waals surface area (Å²) in [5, 5.41) is 7.63. The predicted octanol–water partition coefficient (Wildman–Crippen LogP) is 4.99. The summed E-state index contributed by atoms with van der Waals surface area (Å²) < 4.78 is 22.4. The number of furan rings is 1. The van der Waals surface area contributed by atoms with E-state index in [1.807, 2.05) is 6.92 Å². The number of anilines is 2. The molecule has 2 heterocycles. The molecule has 4 rings (SSSR count). The van der Waals surface area contributed by atoms with Crippen LogP contribution in [0.4, 0.5) is 11.4 Å². The smallest absolute Gasteiger partial charge is 0.291 e. The van der Waals surface area contributed by atoms with Crippen LogP contribution in [0.15, 0.2) is 46.9 Å². The zero-order chi connectivity index (χ0) is 22.9. The van der Waals surface area contributed by atoms with Gasteiger partial charge < -0.3 is 29.3 Å². The lowest BCUT2D eigenvalue weighted by atomic mass is 10.2. The standard InChI is InChI=1S/C24H28N2O5Si/c1-15-13-16-21(32(4,5)12-11-25-16)14-20(15)31-22-10-9-19(30-22)24(27)26-23-17(28-2)7-6-8-18(23)29-3/h6-10,13-14,25H,11-12H2,1-5H3,(H,26,27). The van der Waals surface area contributed by atoms with E-state index in [1.54, 1.807) is 30.3 Å². The van der Waals surface area contributed by atoms with Gasteiger partial charge in [0.05, 0.1) is 22.3 Å². The Morgan fingerprint density at radius 1 is 1.06 bits per heavy atom. The Hall–Kier alpha value is -3.39. The van der Waals surface area contributed by atoms with Gasteiger partial charge in [0, 0.05) is 18.3 Å². The fourth-order valence-electron chi connectivity index (χ4n) is 3.90. The predicted molar refractivity (Wildman–Crippen MR) is 128 cm³/mol. The van der Waals surface area contributed by atoms with Gasteiger partial charge in [-0.05, 0) is 54.0 Å². The highest BCUT2D eigenvalue weighted by molar-refractivity contribution is 6.91. The third kappa shape index (κ3) is 4.18. The Labute approximate surface area is 188 Å². The fraction of sp³-hybridized carbons (Fsp3) is 0.292. The van der Waals surface area contributed by atoms with Gasteiger partial charge in [0.15, 0.2) is 5.76 Å². The zero-order valence-corrected chi connectivity index (χ0v) is 20.0. The molecule has 0 saturated carbocycles. The first-order valence-electron chi connectivity index (χ1n) is 10.5. The van der Waals surface area contributed by atoms with E-state index in [0.29, 0.717) is 17.2 Å². The quantitative estimate of drug-likeness (QED) is 0.513. The van der Waals surface area contributed by atoms with Gasteiger partial charge in [-0.1, -0.05) is 19.2 Å². The van der Waals surface area contributed by atoms with Gasteiger partial charge in [0.25, 0.3) is 11.9 Å². The van der Waals surface area contributed by atoms with Crippen LogP contribution in [0.3, 0.4) is 0 Å². The SMILES string of the molecule is COc1cccc(OC)c1NC(=O)c1ccc(Oc2cc3c(cc2C)NCC[Si]3(C)C)o1. The van der Waals surface area contributed by atoms with Crippen molar-refractivity contribution in [2.75, 3.05) is 31.4 Å². The molecule has 1 aromatic heterocycles. The van der Waals surface area contributed by atoms with Gasteiger partial charge >= 0.3 is 0 Å². The van der Waals surface area contributed by atoms with E-state index in [1.165, 1.54) is 31.1 Å². The second kappa shape index (κ2) is 8.62. The van der Waals surface area contributed by atoms with Crippen molar-refractivity contribution in [3.63, 3.8) is 0 Å². The minimum absolute atomic E-state index is 0.125. The normalized spacial score (nSPS) is 14.2. The van der Waals surface area contributed by atoms with Gasteiger partial charge in [0.1, 0.15) is 22.9 Å². The molecule has 0 bridgehead atoms. The molecule has 0 atom stereocenters. The van der Waals surface area contributed by atoms with E-state index < -0.39 is 14.0 Å². The summed E-state index contributed by atoms with van der Waals surface area (Å²) in [6, 6.07) is 13.9. The van der Waals surface area contributed by atoms with Crippen molar-refractivity contribution in [1.29, 1.82) is 0 Å². The van der Waals surface area contributed by atoms with Crippen molar-refractivity contribution in [2.45, 2.75) is 26.1 Å². The molecular weight excluding hydrogens is 424 g/mol. The van der Waals surface area contributed by atoms with E-state index in [-0.39, 0.29) is 11.7 Å². The number of amides is 1. The molecule has 0 radical (unpaired) electrons. The lowest BCUT2D eigenvalue weighted by molar-refractivity contribution is 0.0991. The number of carbonyl (C=O) groups is 1. The van der Waals surface area contributed by atoms with Crippen LogP contribution in [-0.4, -0.2) is 34.7 Å². The number of ether oxygens (including phenoxy) is 3. The molecule has 168 valence electrons. The molecular formula is C24H28N2O5Si. The maximum atomic E-state index is 12.8. The fourth-order valence-corrected chi connectivity index (χ4v) is 6.33. The molecule has 7 nitrogen and oxygen atoms in total. The zero-order valence-electron chi connectivity index (χ0n) is 19.0. The minimum Gasteiger partial charge on any atom is -0.494 e. The Balaban J connectivity index is 1.55. The summed E-state index contributed by atoms with van der Waals surface area (Å²) in [7, 11) is 1.55. The molecule has 0 saturated heterocycles. The number of rotatable bonds is 6. The summed E-state index contributed by atoms with van der Waals surface area (Å²) in [4.78, 5) is 12.8. The van der Waals surface area contributed by atoms with Crippen LogP contribution in [0.2, 0.25) is 19.1 Å². The van der Waals surface area contributed by atoms with Crippen molar-refractivity contribution in [3.8, 4) is 23.2 Å². The Morgan fingerprint density at radius 2 is 1.78 bits per heavy atom. The number of hydrogen-bond donors (Lipinski definition) is 2. The summed E-state index contributed by atoms with van der Waals surface area (Å²) in [6.45, 7) is 7.75. The van der Waals surface area contributed by atoms with E-state index in [9.17, 15) is 4.79 Å². The number of carbonyl (C=O) groups excluding carboxylic acids is 1. The summed E-state index contributed by atoms with van der Waals surface area (Å²) in [6.07, 6.45) is 0. The number of aryl methyl sites for hydroxylation is 1.